The monoisotopic (exact) mass is 398 g/mol. The number of hydrogen-bond acceptors (Lipinski definition) is 4. The molecule has 1 saturated heterocycles. The number of ether oxygens (including phenoxy) is 2. The molecule has 1 atom stereocenters. The highest BCUT2D eigenvalue weighted by Gasteiger charge is 2.35. The van der Waals surface area contributed by atoms with Gasteiger partial charge in [0.25, 0.3) is 0 Å². The first-order valence-electron chi connectivity index (χ1n) is 7.75. The standard InChI is InChI=1S/C17H27ClN2O2.2ClH/c1-17(2,3)16(20-10-8-19-9-11-20)12-6-7-13(21-4)15(22-5)14(12)18;;/h6-7,16,19H,8-11H2,1-5H3;2*1H/t16-;;/m0../s1. The van der Waals surface area contributed by atoms with Crippen molar-refractivity contribution in [3.05, 3.63) is 22.7 Å². The summed E-state index contributed by atoms with van der Waals surface area (Å²) >= 11 is 6.67. The maximum Gasteiger partial charge on any atom is 0.179 e. The number of nitrogens with one attached hydrogen (secondary N) is 1. The van der Waals surface area contributed by atoms with Crippen molar-refractivity contribution in [2.45, 2.75) is 26.8 Å². The Bertz CT molecular complexity index is 515. The molecule has 7 heteroatoms. The molecule has 140 valence electrons. The van der Waals surface area contributed by atoms with Gasteiger partial charge in [-0.15, -0.1) is 24.8 Å². The molecule has 0 radical (unpaired) electrons. The Labute approximate surface area is 163 Å². The zero-order valence-electron chi connectivity index (χ0n) is 15.0. The molecule has 1 aromatic carbocycles. The van der Waals surface area contributed by atoms with E-state index in [2.05, 4.69) is 37.1 Å². The van der Waals surface area contributed by atoms with E-state index in [1.165, 1.54) is 0 Å². The topological polar surface area (TPSA) is 33.7 Å². The van der Waals surface area contributed by atoms with Crippen LogP contribution in [0.25, 0.3) is 0 Å². The van der Waals surface area contributed by atoms with Crippen molar-refractivity contribution in [1.29, 1.82) is 0 Å². The Morgan fingerprint density at radius 3 is 2.12 bits per heavy atom. The molecule has 1 aliphatic heterocycles. The number of hydrogen-bond donors (Lipinski definition) is 1. The third-order valence-electron chi connectivity index (χ3n) is 4.15. The quantitative estimate of drug-likeness (QED) is 0.823. The van der Waals surface area contributed by atoms with Crippen LogP contribution in [0.3, 0.4) is 0 Å². The molecule has 0 bridgehead atoms. The highest BCUT2D eigenvalue weighted by Crippen LogP contribution is 2.46. The van der Waals surface area contributed by atoms with Crippen molar-refractivity contribution >= 4 is 36.4 Å². The van der Waals surface area contributed by atoms with Crippen LogP contribution in [-0.2, 0) is 0 Å². The van der Waals surface area contributed by atoms with Crippen molar-refractivity contribution in [1.82, 2.24) is 10.2 Å². The van der Waals surface area contributed by atoms with E-state index in [0.717, 1.165) is 31.7 Å². The van der Waals surface area contributed by atoms with E-state index in [0.29, 0.717) is 16.5 Å². The van der Waals surface area contributed by atoms with Crippen LogP contribution in [0, 0.1) is 5.41 Å². The van der Waals surface area contributed by atoms with Gasteiger partial charge in [-0.3, -0.25) is 4.90 Å². The predicted molar refractivity (Wildman–Crippen MR) is 106 cm³/mol. The maximum absolute atomic E-state index is 6.67. The first-order valence-corrected chi connectivity index (χ1v) is 8.13. The van der Waals surface area contributed by atoms with Crippen LogP contribution < -0.4 is 14.8 Å². The van der Waals surface area contributed by atoms with Crippen LogP contribution in [0.2, 0.25) is 5.02 Å². The van der Waals surface area contributed by atoms with Crippen LogP contribution in [0.1, 0.15) is 32.4 Å². The van der Waals surface area contributed by atoms with E-state index in [4.69, 9.17) is 21.1 Å². The summed E-state index contributed by atoms with van der Waals surface area (Å²) in [5.74, 6) is 1.29. The van der Waals surface area contributed by atoms with Gasteiger partial charge < -0.3 is 14.8 Å². The van der Waals surface area contributed by atoms with Gasteiger partial charge >= 0.3 is 0 Å². The fraction of sp³-hybridized carbons (Fsp3) is 0.647. The number of piperazine rings is 1. The summed E-state index contributed by atoms with van der Waals surface area (Å²) in [6, 6.07) is 4.25. The van der Waals surface area contributed by atoms with Crippen LogP contribution in [-0.4, -0.2) is 45.3 Å². The van der Waals surface area contributed by atoms with Crippen molar-refractivity contribution in [3.63, 3.8) is 0 Å². The first kappa shape index (κ1) is 23.6. The molecule has 0 amide bonds. The Balaban J connectivity index is 0.00000264. The van der Waals surface area contributed by atoms with Gasteiger partial charge in [-0.2, -0.15) is 0 Å². The van der Waals surface area contributed by atoms with Crippen LogP contribution >= 0.6 is 36.4 Å². The van der Waals surface area contributed by atoms with E-state index in [1.807, 2.05) is 6.07 Å². The molecule has 0 aromatic heterocycles. The normalized spacial score (nSPS) is 16.6. The fourth-order valence-corrected chi connectivity index (χ4v) is 3.60. The minimum absolute atomic E-state index is 0. The zero-order valence-corrected chi connectivity index (χ0v) is 17.4. The number of rotatable bonds is 4. The molecule has 1 N–H and O–H groups in total. The Morgan fingerprint density at radius 1 is 1.08 bits per heavy atom. The molecule has 0 saturated carbocycles. The van der Waals surface area contributed by atoms with Gasteiger partial charge in [0.1, 0.15) is 0 Å². The third kappa shape index (κ3) is 5.06. The van der Waals surface area contributed by atoms with Crippen LogP contribution in [0.4, 0.5) is 0 Å². The average Bonchev–Trinajstić information content (AvgIpc) is 2.48. The van der Waals surface area contributed by atoms with E-state index in [1.54, 1.807) is 14.2 Å². The fourth-order valence-electron chi connectivity index (χ4n) is 3.27. The van der Waals surface area contributed by atoms with Crippen LogP contribution in [0.5, 0.6) is 11.5 Å². The lowest BCUT2D eigenvalue weighted by atomic mass is 9.80. The summed E-state index contributed by atoms with van der Waals surface area (Å²) in [5, 5.41) is 4.06. The molecule has 24 heavy (non-hydrogen) atoms. The van der Waals surface area contributed by atoms with Gasteiger partial charge in [-0.25, -0.2) is 0 Å². The van der Waals surface area contributed by atoms with Crippen molar-refractivity contribution in [2.75, 3.05) is 40.4 Å². The minimum Gasteiger partial charge on any atom is -0.493 e. The lowest BCUT2D eigenvalue weighted by Gasteiger charge is -2.43. The van der Waals surface area contributed by atoms with Crippen LogP contribution in [0.15, 0.2) is 12.1 Å². The molecule has 0 unspecified atom stereocenters. The lowest BCUT2D eigenvalue weighted by Crippen LogP contribution is -2.48. The molecule has 1 aliphatic rings. The molecule has 2 rings (SSSR count). The summed E-state index contributed by atoms with van der Waals surface area (Å²) in [6.07, 6.45) is 0. The smallest absolute Gasteiger partial charge is 0.179 e. The maximum atomic E-state index is 6.67. The van der Waals surface area contributed by atoms with E-state index in [-0.39, 0.29) is 36.3 Å². The van der Waals surface area contributed by atoms with E-state index < -0.39 is 0 Å². The SMILES string of the molecule is COc1ccc([C@H](N2CCNCC2)C(C)(C)C)c(Cl)c1OC.Cl.Cl. The molecule has 1 aromatic rings. The Hall–Kier alpha value is -0.390. The Morgan fingerprint density at radius 2 is 1.67 bits per heavy atom. The van der Waals surface area contributed by atoms with Gasteiger partial charge in [0.2, 0.25) is 0 Å². The lowest BCUT2D eigenvalue weighted by molar-refractivity contribution is 0.0861. The summed E-state index contributed by atoms with van der Waals surface area (Å²) in [5.41, 5.74) is 1.18. The second kappa shape index (κ2) is 9.93. The van der Waals surface area contributed by atoms with Gasteiger partial charge in [0.15, 0.2) is 11.5 Å². The van der Waals surface area contributed by atoms with Gasteiger partial charge in [0, 0.05) is 32.2 Å². The number of halogens is 3. The molecule has 4 nitrogen and oxygen atoms in total. The molecular weight excluding hydrogens is 371 g/mol. The first-order chi connectivity index (χ1) is 10.4. The molecule has 0 spiro atoms. The predicted octanol–water partition coefficient (Wildman–Crippen LogP) is 4.19. The van der Waals surface area contributed by atoms with Gasteiger partial charge in [-0.1, -0.05) is 38.4 Å². The zero-order chi connectivity index (χ0) is 16.3. The largest absolute Gasteiger partial charge is 0.493 e. The van der Waals surface area contributed by atoms with Crippen molar-refractivity contribution in [3.8, 4) is 11.5 Å². The molecule has 1 heterocycles. The second-order valence-electron chi connectivity index (χ2n) is 6.76. The summed E-state index contributed by atoms with van der Waals surface area (Å²) < 4.78 is 10.8. The second-order valence-corrected chi connectivity index (χ2v) is 7.14. The third-order valence-corrected chi connectivity index (χ3v) is 4.54. The molecular formula is C17H29Cl3N2O2. The van der Waals surface area contributed by atoms with Gasteiger partial charge in [0.05, 0.1) is 19.2 Å². The Kier molecular flexibility index (Phi) is 9.77. The van der Waals surface area contributed by atoms with E-state index in [9.17, 15) is 0 Å². The minimum atomic E-state index is 0. The highest BCUT2D eigenvalue weighted by molar-refractivity contribution is 6.33. The number of benzene rings is 1. The number of nitrogens with zero attached hydrogens (tertiary/aromatic N) is 1. The van der Waals surface area contributed by atoms with E-state index >= 15 is 0 Å². The van der Waals surface area contributed by atoms with Crippen molar-refractivity contribution < 1.29 is 9.47 Å². The molecule has 1 fully saturated rings. The average molecular weight is 400 g/mol. The molecule has 0 aliphatic carbocycles. The summed E-state index contributed by atoms with van der Waals surface area (Å²) in [4.78, 5) is 2.50. The van der Waals surface area contributed by atoms with Crippen molar-refractivity contribution in [2.24, 2.45) is 5.41 Å². The summed E-state index contributed by atoms with van der Waals surface area (Å²) in [7, 11) is 3.26. The summed E-state index contributed by atoms with van der Waals surface area (Å²) in [6.45, 7) is 10.8. The highest BCUT2D eigenvalue weighted by atomic mass is 35.5. The number of methoxy groups -OCH3 is 2. The van der Waals surface area contributed by atoms with Gasteiger partial charge in [-0.05, 0) is 17.0 Å².